The lowest BCUT2D eigenvalue weighted by Gasteiger charge is -2.25. The maximum absolute atomic E-state index is 14.0. The van der Waals surface area contributed by atoms with Crippen LogP contribution >= 0.6 is 11.3 Å². The lowest BCUT2D eigenvalue weighted by molar-refractivity contribution is -0.134. The number of halogens is 2. The molecule has 2 atom stereocenters. The summed E-state index contributed by atoms with van der Waals surface area (Å²) in [6.45, 7) is 0. The van der Waals surface area contributed by atoms with Crippen LogP contribution in [0.2, 0.25) is 0 Å². The van der Waals surface area contributed by atoms with E-state index < -0.39 is 54.0 Å². The molecule has 14 heteroatoms. The number of anilines is 1. The summed E-state index contributed by atoms with van der Waals surface area (Å²) in [6.07, 6.45) is 9.26. The van der Waals surface area contributed by atoms with Crippen LogP contribution in [-0.2, 0) is 30.2 Å². The molecule has 1 saturated heterocycles. The maximum atomic E-state index is 14.0. The van der Waals surface area contributed by atoms with Crippen molar-refractivity contribution >= 4 is 40.3 Å². The first kappa shape index (κ1) is 27.7. The summed E-state index contributed by atoms with van der Waals surface area (Å²) in [5, 5.41) is 6.26. The number of urea groups is 1. The molecule has 2 aliphatic heterocycles. The number of hydrogen-bond acceptors (Lipinski definition) is 9. The molecule has 5 rings (SSSR count). The third kappa shape index (κ3) is 6.01. The number of amides is 4. The molecule has 3 aliphatic rings. The van der Waals surface area contributed by atoms with Gasteiger partial charge in [-0.1, -0.05) is 18.2 Å². The zero-order valence-electron chi connectivity index (χ0n) is 21.4. The molecule has 1 aromatic carbocycles. The molecule has 3 heterocycles. The molecule has 2 aromatic rings. The van der Waals surface area contributed by atoms with Crippen LogP contribution in [0.15, 0.2) is 71.4 Å². The minimum absolute atomic E-state index is 0.0139. The average molecular weight is 585 g/mol. The van der Waals surface area contributed by atoms with Crippen molar-refractivity contribution in [1.82, 2.24) is 15.2 Å². The summed E-state index contributed by atoms with van der Waals surface area (Å²) in [5.74, 6) is -3.93. The number of esters is 1. The van der Waals surface area contributed by atoms with E-state index in [1.165, 1.54) is 18.8 Å². The highest BCUT2D eigenvalue weighted by atomic mass is 32.1. The van der Waals surface area contributed by atoms with Crippen LogP contribution < -0.4 is 10.6 Å². The molecule has 41 heavy (non-hydrogen) atoms. The van der Waals surface area contributed by atoms with E-state index in [9.17, 15) is 28.0 Å². The minimum atomic E-state index is -1.56. The van der Waals surface area contributed by atoms with E-state index in [1.54, 1.807) is 0 Å². The zero-order valence-corrected chi connectivity index (χ0v) is 22.2. The summed E-state index contributed by atoms with van der Waals surface area (Å²) in [7, 11) is 1.17. The van der Waals surface area contributed by atoms with Crippen LogP contribution in [-0.4, -0.2) is 52.9 Å². The fourth-order valence-electron chi connectivity index (χ4n) is 4.37. The van der Waals surface area contributed by atoms with Gasteiger partial charge in [0.15, 0.2) is 28.4 Å². The molecule has 0 spiro atoms. The molecule has 1 fully saturated rings. The molecule has 0 radical (unpaired) electrons. The number of ether oxygens (including phenoxy) is 3. The van der Waals surface area contributed by atoms with Crippen molar-refractivity contribution in [3.63, 3.8) is 0 Å². The van der Waals surface area contributed by atoms with Crippen LogP contribution in [0.1, 0.15) is 28.9 Å². The number of carbonyl (C=O) groups excluding carboxylic acids is 4. The van der Waals surface area contributed by atoms with Crippen LogP contribution in [0, 0.1) is 11.6 Å². The Bertz CT molecular complexity index is 1530. The van der Waals surface area contributed by atoms with Gasteiger partial charge in [0.05, 0.1) is 7.11 Å². The van der Waals surface area contributed by atoms with Crippen molar-refractivity contribution in [3.05, 3.63) is 94.3 Å². The Kier molecular flexibility index (Phi) is 7.92. The second kappa shape index (κ2) is 11.7. The molecular weight excluding hydrogens is 562 g/mol. The molecule has 11 nitrogen and oxygen atoms in total. The zero-order chi connectivity index (χ0) is 29.1. The third-order valence-electron chi connectivity index (χ3n) is 6.27. The Hall–Kier alpha value is -4.85. The normalized spacial score (nSPS) is 18.9. The molecule has 0 unspecified atom stereocenters. The monoisotopic (exact) mass is 584 g/mol. The first-order valence-corrected chi connectivity index (χ1v) is 13.1. The van der Waals surface area contributed by atoms with Gasteiger partial charge < -0.3 is 24.8 Å². The Balaban J connectivity index is 1.40. The van der Waals surface area contributed by atoms with Gasteiger partial charge in [-0.25, -0.2) is 28.3 Å². The number of aromatic nitrogens is 1. The molecule has 0 saturated carbocycles. The van der Waals surface area contributed by atoms with Gasteiger partial charge in [-0.05, 0) is 36.1 Å². The maximum Gasteiger partial charge on any atom is 0.357 e. The average Bonchev–Trinajstić information content (AvgIpc) is 3.55. The number of thiazole rings is 1. The summed E-state index contributed by atoms with van der Waals surface area (Å²) in [4.78, 5) is 56.5. The largest absolute Gasteiger partial charge is 0.465 e. The number of imide groups is 1. The van der Waals surface area contributed by atoms with Gasteiger partial charge in [-0.15, -0.1) is 11.3 Å². The summed E-state index contributed by atoms with van der Waals surface area (Å²) < 4.78 is 43.8. The molecule has 0 bridgehead atoms. The van der Waals surface area contributed by atoms with E-state index in [1.807, 2.05) is 18.2 Å². The van der Waals surface area contributed by atoms with Crippen LogP contribution in [0.3, 0.4) is 0 Å². The Morgan fingerprint density at radius 3 is 2.73 bits per heavy atom. The standard InChI is InChI=1S/C27H22F2N4O7S/c1-38-25(36)18-13-41-26(30-18)32-23(34)19(9-14-7-16(28)10-17(29)8-14)33-24(35)22(31-27(33)37)21-12-39-11-20(40-21)15-5-3-2-4-6-15/h2-3,5,7-8,10-13,19,22H,4,6,9H2,1H3,(H,31,37)(H,30,32,34)/t19-,22+/m0/s1. The van der Waals surface area contributed by atoms with Gasteiger partial charge in [0.1, 0.15) is 30.2 Å². The van der Waals surface area contributed by atoms with Crippen molar-refractivity contribution in [2.75, 3.05) is 12.4 Å². The van der Waals surface area contributed by atoms with Crippen LogP contribution in [0.25, 0.3) is 0 Å². The number of carbonyl (C=O) groups is 4. The SMILES string of the molecule is COC(=O)c1csc(NC(=O)[C@H](Cc2cc(F)cc(F)c2)N2C(=O)N[C@H](C3=COC=C(C4=CC=CCC4)O3)C2=O)n1. The Morgan fingerprint density at radius 2 is 2.02 bits per heavy atom. The van der Waals surface area contributed by atoms with Gasteiger partial charge in [-0.3, -0.25) is 9.59 Å². The topological polar surface area (TPSA) is 136 Å². The number of allylic oxidation sites excluding steroid dienone is 4. The molecule has 1 aromatic heterocycles. The molecule has 212 valence electrons. The third-order valence-corrected chi connectivity index (χ3v) is 7.03. The molecule has 4 amide bonds. The van der Waals surface area contributed by atoms with Gasteiger partial charge in [0.2, 0.25) is 5.91 Å². The molecular formula is C27H22F2N4O7S. The number of hydrogen-bond donors (Lipinski definition) is 2. The van der Waals surface area contributed by atoms with E-state index in [4.69, 9.17) is 9.47 Å². The Labute approximate surface area is 235 Å². The smallest absolute Gasteiger partial charge is 0.357 e. The highest BCUT2D eigenvalue weighted by Gasteiger charge is 2.48. The predicted molar refractivity (Wildman–Crippen MR) is 140 cm³/mol. The molecule has 1 aliphatic carbocycles. The van der Waals surface area contributed by atoms with Crippen molar-refractivity contribution in [2.24, 2.45) is 0 Å². The van der Waals surface area contributed by atoms with Crippen LogP contribution in [0.5, 0.6) is 0 Å². The highest BCUT2D eigenvalue weighted by Crippen LogP contribution is 2.30. The number of benzene rings is 1. The van der Waals surface area contributed by atoms with Crippen molar-refractivity contribution in [1.29, 1.82) is 0 Å². The second-order valence-corrected chi connectivity index (χ2v) is 9.86. The lowest BCUT2D eigenvalue weighted by Crippen LogP contribution is -2.49. The van der Waals surface area contributed by atoms with E-state index in [-0.39, 0.29) is 22.1 Å². The highest BCUT2D eigenvalue weighted by molar-refractivity contribution is 7.14. The van der Waals surface area contributed by atoms with Crippen molar-refractivity contribution in [2.45, 2.75) is 31.3 Å². The van der Waals surface area contributed by atoms with E-state index in [2.05, 4.69) is 20.4 Å². The van der Waals surface area contributed by atoms with E-state index >= 15 is 0 Å². The fourth-order valence-corrected chi connectivity index (χ4v) is 5.05. The van der Waals surface area contributed by atoms with Gasteiger partial charge in [0, 0.05) is 17.9 Å². The van der Waals surface area contributed by atoms with Crippen molar-refractivity contribution in [3.8, 4) is 0 Å². The van der Waals surface area contributed by atoms with Crippen LogP contribution in [0.4, 0.5) is 18.7 Å². The number of methoxy groups -OCH3 is 1. The first-order valence-electron chi connectivity index (χ1n) is 12.3. The summed E-state index contributed by atoms with van der Waals surface area (Å²) in [5.41, 5.74) is 0.771. The first-order chi connectivity index (χ1) is 19.7. The van der Waals surface area contributed by atoms with Gasteiger partial charge in [-0.2, -0.15) is 0 Å². The quantitative estimate of drug-likeness (QED) is 0.354. The molecule has 2 N–H and O–H groups in total. The minimum Gasteiger partial charge on any atom is -0.465 e. The van der Waals surface area contributed by atoms with Gasteiger partial charge in [0.25, 0.3) is 5.91 Å². The number of nitrogens with zero attached hydrogens (tertiary/aromatic N) is 2. The van der Waals surface area contributed by atoms with Gasteiger partial charge >= 0.3 is 12.0 Å². The number of rotatable bonds is 8. The van der Waals surface area contributed by atoms with E-state index in [0.29, 0.717) is 23.1 Å². The predicted octanol–water partition coefficient (Wildman–Crippen LogP) is 3.68. The second-order valence-electron chi connectivity index (χ2n) is 9.01. The number of nitrogens with one attached hydrogen (secondary N) is 2. The Morgan fingerprint density at radius 1 is 1.24 bits per heavy atom. The van der Waals surface area contributed by atoms with Crippen molar-refractivity contribution < 1.29 is 42.2 Å². The van der Waals surface area contributed by atoms with E-state index in [0.717, 1.165) is 41.7 Å². The lowest BCUT2D eigenvalue weighted by atomic mass is 10.0. The summed E-state index contributed by atoms with van der Waals surface area (Å²) >= 11 is 0.901. The summed E-state index contributed by atoms with van der Waals surface area (Å²) in [6, 6.07) is -1.21. The fraction of sp³-hybridized carbons (Fsp3) is 0.222.